The molecule has 1 atom stereocenters. The highest BCUT2D eigenvalue weighted by Crippen LogP contribution is 2.23. The van der Waals surface area contributed by atoms with Gasteiger partial charge in [-0.25, -0.2) is 8.70 Å². The summed E-state index contributed by atoms with van der Waals surface area (Å²) in [5.74, 6) is -0.690. The molecule has 0 bridgehead atoms. The number of ether oxygens (including phenoxy) is 1. The quantitative estimate of drug-likeness (QED) is 0.439. The molecule has 1 unspecified atom stereocenters. The van der Waals surface area contributed by atoms with Gasteiger partial charge >= 0.3 is 10.2 Å². The fourth-order valence-electron chi connectivity index (χ4n) is 4.54. The van der Waals surface area contributed by atoms with Crippen molar-refractivity contribution in [2.45, 2.75) is 57.7 Å². The van der Waals surface area contributed by atoms with Gasteiger partial charge in [-0.05, 0) is 61.2 Å². The Bertz CT molecular complexity index is 1180. The third kappa shape index (κ3) is 7.22. The number of hydrogen-bond donors (Lipinski definition) is 1. The van der Waals surface area contributed by atoms with Gasteiger partial charge in [-0.1, -0.05) is 31.9 Å². The molecule has 0 spiro atoms. The summed E-state index contributed by atoms with van der Waals surface area (Å²) >= 11 is 0. The zero-order valence-corrected chi connectivity index (χ0v) is 23.2. The van der Waals surface area contributed by atoms with Crippen molar-refractivity contribution in [2.24, 2.45) is 0 Å². The summed E-state index contributed by atoms with van der Waals surface area (Å²) in [7, 11) is 0.162. The van der Waals surface area contributed by atoms with E-state index in [0.29, 0.717) is 12.2 Å². The van der Waals surface area contributed by atoms with Gasteiger partial charge in [0.1, 0.15) is 24.2 Å². The summed E-state index contributed by atoms with van der Waals surface area (Å²) in [6.45, 7) is 1.36. The molecule has 2 aromatic carbocycles. The lowest BCUT2D eigenvalue weighted by Crippen LogP contribution is -2.54. The van der Waals surface area contributed by atoms with Crippen LogP contribution in [0.5, 0.6) is 5.75 Å². The zero-order valence-electron chi connectivity index (χ0n) is 22.4. The first kappa shape index (κ1) is 29.4. The Labute approximate surface area is 224 Å². The Morgan fingerprint density at radius 3 is 2.18 bits per heavy atom. The van der Waals surface area contributed by atoms with Crippen LogP contribution in [0.1, 0.15) is 44.6 Å². The van der Waals surface area contributed by atoms with Gasteiger partial charge < -0.3 is 15.0 Å². The van der Waals surface area contributed by atoms with E-state index in [1.165, 1.54) is 31.1 Å². The highest BCUT2D eigenvalue weighted by atomic mass is 32.2. The Kier molecular flexibility index (Phi) is 10.1. The normalized spacial score (nSPS) is 14.8. The summed E-state index contributed by atoms with van der Waals surface area (Å²) in [6.07, 6.45) is 4.23. The molecule has 1 aliphatic rings. The largest absolute Gasteiger partial charge is 0.497 e. The summed E-state index contributed by atoms with van der Waals surface area (Å²) in [5.41, 5.74) is 0.899. The van der Waals surface area contributed by atoms with E-state index in [2.05, 4.69) is 5.32 Å². The minimum absolute atomic E-state index is 0.0688. The standard InChI is InChI=1S/C27H37FN4O5S/c1-5-25(27(34)29-22-8-6-7-9-22)31(18-20-10-16-24(37-4)17-11-20)26(33)19-32(38(35,36)30(2)3)23-14-12-21(28)13-15-23/h10-17,22,25H,5-9,18-19H2,1-4H3,(H,29,34). The van der Waals surface area contributed by atoms with Crippen molar-refractivity contribution in [1.29, 1.82) is 0 Å². The monoisotopic (exact) mass is 548 g/mol. The van der Waals surface area contributed by atoms with Crippen LogP contribution in [0, 0.1) is 5.82 Å². The van der Waals surface area contributed by atoms with Crippen LogP contribution >= 0.6 is 0 Å². The van der Waals surface area contributed by atoms with E-state index in [4.69, 9.17) is 4.74 Å². The number of rotatable bonds is 12. The van der Waals surface area contributed by atoms with E-state index in [1.54, 1.807) is 31.4 Å². The zero-order chi connectivity index (χ0) is 27.9. The van der Waals surface area contributed by atoms with Crippen LogP contribution < -0.4 is 14.4 Å². The van der Waals surface area contributed by atoms with Crippen LogP contribution in [-0.4, -0.2) is 69.3 Å². The molecule has 1 saturated carbocycles. The maximum absolute atomic E-state index is 13.9. The fourth-order valence-corrected chi connectivity index (χ4v) is 5.59. The molecule has 208 valence electrons. The molecule has 9 nitrogen and oxygen atoms in total. The number of carbonyl (C=O) groups excluding carboxylic acids is 2. The molecule has 0 aliphatic heterocycles. The molecule has 2 amide bonds. The molecule has 2 aromatic rings. The molecule has 3 rings (SSSR count). The third-order valence-electron chi connectivity index (χ3n) is 6.73. The number of anilines is 1. The van der Waals surface area contributed by atoms with Gasteiger partial charge in [-0.3, -0.25) is 9.59 Å². The van der Waals surface area contributed by atoms with Gasteiger partial charge in [0.25, 0.3) is 0 Å². The van der Waals surface area contributed by atoms with Crippen molar-refractivity contribution in [3.63, 3.8) is 0 Å². The van der Waals surface area contributed by atoms with Crippen molar-refractivity contribution >= 4 is 27.7 Å². The Morgan fingerprint density at radius 2 is 1.66 bits per heavy atom. The summed E-state index contributed by atoms with van der Waals surface area (Å²) in [6, 6.07) is 11.3. The van der Waals surface area contributed by atoms with Gasteiger partial charge in [0.2, 0.25) is 11.8 Å². The molecule has 0 radical (unpaired) electrons. The number of halogens is 1. The number of methoxy groups -OCH3 is 1. The second kappa shape index (κ2) is 13.1. The molecule has 0 saturated heterocycles. The van der Waals surface area contributed by atoms with E-state index in [0.717, 1.165) is 52.0 Å². The first-order valence-electron chi connectivity index (χ1n) is 12.7. The minimum atomic E-state index is -4.11. The van der Waals surface area contributed by atoms with E-state index in [-0.39, 0.29) is 24.2 Å². The van der Waals surface area contributed by atoms with Crippen molar-refractivity contribution in [2.75, 3.05) is 32.1 Å². The van der Waals surface area contributed by atoms with E-state index in [9.17, 15) is 22.4 Å². The summed E-state index contributed by atoms with van der Waals surface area (Å²) < 4.78 is 47.1. The highest BCUT2D eigenvalue weighted by Gasteiger charge is 2.34. The summed E-state index contributed by atoms with van der Waals surface area (Å²) in [4.78, 5) is 28.6. The van der Waals surface area contributed by atoms with Gasteiger partial charge in [0.05, 0.1) is 12.8 Å². The number of amides is 2. The van der Waals surface area contributed by atoms with Gasteiger partial charge in [0, 0.05) is 26.7 Å². The molecule has 1 fully saturated rings. The molecule has 11 heteroatoms. The molecular weight excluding hydrogens is 511 g/mol. The fraction of sp³-hybridized carbons (Fsp3) is 0.481. The number of carbonyl (C=O) groups is 2. The molecule has 1 aliphatic carbocycles. The Morgan fingerprint density at radius 1 is 1.05 bits per heavy atom. The number of nitrogens with one attached hydrogen (secondary N) is 1. The molecule has 38 heavy (non-hydrogen) atoms. The third-order valence-corrected chi connectivity index (χ3v) is 8.55. The van der Waals surface area contributed by atoms with Crippen LogP contribution in [0.25, 0.3) is 0 Å². The maximum Gasteiger partial charge on any atom is 0.304 e. The number of benzene rings is 2. The Balaban J connectivity index is 1.95. The van der Waals surface area contributed by atoms with Crippen LogP contribution in [0.4, 0.5) is 10.1 Å². The topological polar surface area (TPSA) is 99.3 Å². The van der Waals surface area contributed by atoms with Crippen LogP contribution in [0.3, 0.4) is 0 Å². The van der Waals surface area contributed by atoms with Crippen molar-refractivity contribution < 1.29 is 27.1 Å². The lowest BCUT2D eigenvalue weighted by molar-refractivity contribution is -0.140. The number of nitrogens with zero attached hydrogens (tertiary/aromatic N) is 3. The predicted molar refractivity (Wildman–Crippen MR) is 144 cm³/mol. The first-order valence-corrected chi connectivity index (χ1v) is 14.1. The Hall–Kier alpha value is -3.18. The molecule has 0 aromatic heterocycles. The molecule has 1 N–H and O–H groups in total. The smallest absolute Gasteiger partial charge is 0.304 e. The van der Waals surface area contributed by atoms with Gasteiger partial charge in [-0.2, -0.15) is 12.7 Å². The van der Waals surface area contributed by atoms with Crippen molar-refractivity contribution in [1.82, 2.24) is 14.5 Å². The first-order chi connectivity index (χ1) is 18.1. The van der Waals surface area contributed by atoms with Crippen molar-refractivity contribution in [3.05, 3.63) is 59.9 Å². The SMILES string of the molecule is CCC(C(=O)NC1CCCC1)N(Cc1ccc(OC)cc1)C(=O)CN(c1ccc(F)cc1)S(=O)(=O)N(C)C. The summed E-state index contributed by atoms with van der Waals surface area (Å²) in [5, 5.41) is 3.07. The van der Waals surface area contributed by atoms with Crippen LogP contribution in [0.15, 0.2) is 48.5 Å². The number of hydrogen-bond acceptors (Lipinski definition) is 5. The van der Waals surface area contributed by atoms with Crippen molar-refractivity contribution in [3.8, 4) is 5.75 Å². The molecular formula is C27H37FN4O5S. The predicted octanol–water partition coefficient (Wildman–Crippen LogP) is 3.31. The average molecular weight is 549 g/mol. The van der Waals surface area contributed by atoms with E-state index < -0.39 is 34.5 Å². The maximum atomic E-state index is 13.9. The van der Waals surface area contributed by atoms with Crippen LogP contribution in [0.2, 0.25) is 0 Å². The second-order valence-electron chi connectivity index (χ2n) is 9.56. The van der Waals surface area contributed by atoms with Crippen LogP contribution in [-0.2, 0) is 26.3 Å². The lowest BCUT2D eigenvalue weighted by atomic mass is 10.1. The molecule has 0 heterocycles. The van der Waals surface area contributed by atoms with Gasteiger partial charge in [0.15, 0.2) is 0 Å². The second-order valence-corrected chi connectivity index (χ2v) is 11.6. The minimum Gasteiger partial charge on any atom is -0.497 e. The lowest BCUT2D eigenvalue weighted by Gasteiger charge is -2.34. The van der Waals surface area contributed by atoms with E-state index >= 15 is 0 Å². The van der Waals surface area contributed by atoms with E-state index in [1.807, 2.05) is 6.92 Å². The highest BCUT2D eigenvalue weighted by molar-refractivity contribution is 7.90. The average Bonchev–Trinajstić information content (AvgIpc) is 3.40. The van der Waals surface area contributed by atoms with Gasteiger partial charge in [-0.15, -0.1) is 0 Å².